The van der Waals surface area contributed by atoms with Crippen LogP contribution in [0.15, 0.2) is 30.9 Å². The first kappa shape index (κ1) is 19.8. The molecule has 148 valence electrons. The van der Waals surface area contributed by atoms with Gasteiger partial charge < -0.3 is 15.2 Å². The minimum absolute atomic E-state index is 0.130. The molecular formula is C20H22FN3O4. The lowest BCUT2D eigenvalue weighted by molar-refractivity contribution is -0.140. The van der Waals surface area contributed by atoms with Gasteiger partial charge in [-0.15, -0.1) is 6.58 Å². The van der Waals surface area contributed by atoms with Gasteiger partial charge >= 0.3 is 5.97 Å². The summed E-state index contributed by atoms with van der Waals surface area (Å²) in [5.41, 5.74) is 2.66. The van der Waals surface area contributed by atoms with Crippen molar-refractivity contribution in [2.24, 2.45) is 0 Å². The van der Waals surface area contributed by atoms with E-state index in [1.807, 2.05) is 0 Å². The van der Waals surface area contributed by atoms with Crippen LogP contribution in [0.4, 0.5) is 4.39 Å². The minimum Gasteiger partial charge on any atom is -0.480 e. The maximum Gasteiger partial charge on any atom is 0.328 e. The highest BCUT2D eigenvalue weighted by atomic mass is 19.1. The highest BCUT2D eigenvalue weighted by Gasteiger charge is 2.30. The summed E-state index contributed by atoms with van der Waals surface area (Å²) in [4.78, 5) is 24.2. The Morgan fingerprint density at radius 1 is 1.46 bits per heavy atom. The first-order valence-corrected chi connectivity index (χ1v) is 9.02. The van der Waals surface area contributed by atoms with E-state index in [1.165, 1.54) is 16.8 Å². The number of ether oxygens (including phenoxy) is 1. The molecule has 0 saturated carbocycles. The number of aromatic nitrogens is 2. The topological polar surface area (TPSA) is 93.5 Å². The summed E-state index contributed by atoms with van der Waals surface area (Å²) < 4.78 is 21.1. The molecule has 7 nitrogen and oxygen atoms in total. The Bertz CT molecular complexity index is 902. The molecule has 0 bridgehead atoms. The number of aryl methyl sites for hydroxylation is 1. The summed E-state index contributed by atoms with van der Waals surface area (Å²) in [5, 5.41) is 16.1. The van der Waals surface area contributed by atoms with Crippen LogP contribution in [-0.4, -0.2) is 46.0 Å². The largest absolute Gasteiger partial charge is 0.480 e. The van der Waals surface area contributed by atoms with Crippen molar-refractivity contribution < 1.29 is 23.8 Å². The van der Waals surface area contributed by atoms with Crippen LogP contribution in [0.2, 0.25) is 0 Å². The number of carbonyl (C=O) groups excluding carboxylic acids is 1. The molecule has 0 saturated heterocycles. The fourth-order valence-corrected chi connectivity index (χ4v) is 3.37. The quantitative estimate of drug-likeness (QED) is 0.535. The van der Waals surface area contributed by atoms with E-state index in [-0.39, 0.29) is 18.9 Å². The second-order valence-corrected chi connectivity index (χ2v) is 6.63. The van der Waals surface area contributed by atoms with Gasteiger partial charge in [-0.2, -0.15) is 5.10 Å². The molecule has 0 spiro atoms. The Balaban J connectivity index is 1.92. The van der Waals surface area contributed by atoms with Gasteiger partial charge in [0.1, 0.15) is 11.5 Å². The van der Waals surface area contributed by atoms with Crippen molar-refractivity contribution in [2.75, 3.05) is 13.2 Å². The van der Waals surface area contributed by atoms with Gasteiger partial charge in [-0.1, -0.05) is 18.2 Å². The summed E-state index contributed by atoms with van der Waals surface area (Å²) >= 11 is 0. The summed E-state index contributed by atoms with van der Waals surface area (Å²) in [5.74, 6) is -2.25. The molecule has 1 aromatic carbocycles. The number of hydrogen-bond donors (Lipinski definition) is 2. The van der Waals surface area contributed by atoms with Crippen LogP contribution in [0.25, 0.3) is 5.69 Å². The average Bonchev–Trinajstić information content (AvgIpc) is 3.24. The van der Waals surface area contributed by atoms with Gasteiger partial charge in [0.25, 0.3) is 5.91 Å². The van der Waals surface area contributed by atoms with Crippen molar-refractivity contribution in [3.63, 3.8) is 0 Å². The molecule has 2 N–H and O–H groups in total. The zero-order valence-corrected chi connectivity index (χ0v) is 15.6. The van der Waals surface area contributed by atoms with Crippen molar-refractivity contribution in [3.8, 4) is 5.69 Å². The molecule has 1 unspecified atom stereocenters. The number of benzene rings is 1. The first-order valence-electron chi connectivity index (χ1n) is 9.02. The number of halogens is 1. The molecular weight excluding hydrogens is 365 g/mol. The van der Waals surface area contributed by atoms with Gasteiger partial charge in [0.15, 0.2) is 11.7 Å². The highest BCUT2D eigenvalue weighted by molar-refractivity contribution is 5.96. The third-order valence-corrected chi connectivity index (χ3v) is 4.67. The van der Waals surface area contributed by atoms with Crippen LogP contribution in [0, 0.1) is 12.7 Å². The van der Waals surface area contributed by atoms with Gasteiger partial charge in [-0.05, 0) is 37.8 Å². The number of aliphatic carboxylic acids is 1. The fraction of sp³-hybridized carbons (Fsp3) is 0.350. The fourth-order valence-electron chi connectivity index (χ4n) is 3.37. The standard InChI is InChI=1S/C20H22FN3O4/c1-3-10-28-11-15(20(26)27)22-19(25)17-13-7-5-9-16(13)24(23-17)18-12(2)6-4-8-14(18)21/h3-4,6,8,15H,1,5,7,9-11H2,2H3,(H,22,25)(H,26,27). The Kier molecular flexibility index (Phi) is 5.89. The molecule has 1 heterocycles. The lowest BCUT2D eigenvalue weighted by Crippen LogP contribution is -2.44. The van der Waals surface area contributed by atoms with E-state index in [2.05, 4.69) is 17.0 Å². The zero-order valence-electron chi connectivity index (χ0n) is 15.6. The van der Waals surface area contributed by atoms with E-state index < -0.39 is 23.7 Å². The number of rotatable bonds is 8. The Morgan fingerprint density at radius 2 is 2.25 bits per heavy atom. The predicted octanol–water partition coefficient (Wildman–Crippen LogP) is 2.19. The van der Waals surface area contributed by atoms with E-state index in [9.17, 15) is 19.1 Å². The van der Waals surface area contributed by atoms with Crippen LogP contribution in [0.3, 0.4) is 0 Å². The number of carboxylic acids is 1. The molecule has 2 aromatic rings. The third-order valence-electron chi connectivity index (χ3n) is 4.67. The Hall–Kier alpha value is -3.00. The number of amides is 1. The van der Waals surface area contributed by atoms with Crippen LogP contribution in [0.5, 0.6) is 0 Å². The lowest BCUT2D eigenvalue weighted by atomic mass is 10.1. The summed E-state index contributed by atoms with van der Waals surface area (Å²) in [6.07, 6.45) is 3.63. The van der Waals surface area contributed by atoms with Crippen LogP contribution >= 0.6 is 0 Å². The van der Waals surface area contributed by atoms with Crippen LogP contribution in [0.1, 0.15) is 33.7 Å². The summed E-state index contributed by atoms with van der Waals surface area (Å²) in [6, 6.07) is 3.53. The summed E-state index contributed by atoms with van der Waals surface area (Å²) in [7, 11) is 0. The Morgan fingerprint density at radius 3 is 2.93 bits per heavy atom. The minimum atomic E-state index is -1.22. The highest BCUT2D eigenvalue weighted by Crippen LogP contribution is 2.30. The van der Waals surface area contributed by atoms with Gasteiger partial charge in [-0.3, -0.25) is 4.79 Å². The lowest BCUT2D eigenvalue weighted by Gasteiger charge is -2.14. The van der Waals surface area contributed by atoms with Crippen molar-refractivity contribution in [3.05, 3.63) is 59.2 Å². The molecule has 3 rings (SSSR count). The molecule has 1 aliphatic rings. The van der Waals surface area contributed by atoms with E-state index in [1.54, 1.807) is 19.1 Å². The molecule has 0 fully saturated rings. The Labute approximate surface area is 161 Å². The van der Waals surface area contributed by atoms with Gasteiger partial charge in [-0.25, -0.2) is 13.9 Å². The second kappa shape index (κ2) is 8.35. The number of carbonyl (C=O) groups is 2. The number of para-hydroxylation sites is 1. The van der Waals surface area contributed by atoms with Gasteiger partial charge in [0.05, 0.1) is 13.2 Å². The van der Waals surface area contributed by atoms with Crippen LogP contribution in [-0.2, 0) is 22.4 Å². The smallest absolute Gasteiger partial charge is 0.328 e. The number of carboxylic acid groups (broad SMARTS) is 1. The SMILES string of the molecule is C=CCOCC(NC(=O)c1nn(-c2c(C)cccc2F)c2c1CCC2)C(=O)O. The molecule has 0 aliphatic heterocycles. The number of hydrogen-bond acceptors (Lipinski definition) is 4. The molecule has 1 atom stereocenters. The van der Waals surface area contributed by atoms with Crippen LogP contribution < -0.4 is 5.32 Å². The average molecular weight is 387 g/mol. The van der Waals surface area contributed by atoms with E-state index in [0.29, 0.717) is 24.1 Å². The number of fused-ring (bicyclic) bond motifs is 1. The van der Waals surface area contributed by atoms with E-state index in [4.69, 9.17) is 4.74 Å². The molecule has 1 amide bonds. The van der Waals surface area contributed by atoms with Crippen molar-refractivity contribution >= 4 is 11.9 Å². The van der Waals surface area contributed by atoms with Crippen molar-refractivity contribution in [1.82, 2.24) is 15.1 Å². The second-order valence-electron chi connectivity index (χ2n) is 6.63. The molecule has 1 aliphatic carbocycles. The van der Waals surface area contributed by atoms with E-state index >= 15 is 0 Å². The van der Waals surface area contributed by atoms with E-state index in [0.717, 1.165) is 17.7 Å². The first-order chi connectivity index (χ1) is 13.4. The zero-order chi connectivity index (χ0) is 20.3. The predicted molar refractivity (Wildman–Crippen MR) is 100 cm³/mol. The number of nitrogens with one attached hydrogen (secondary N) is 1. The van der Waals surface area contributed by atoms with Crippen molar-refractivity contribution in [1.29, 1.82) is 0 Å². The maximum absolute atomic E-state index is 14.4. The monoisotopic (exact) mass is 387 g/mol. The molecule has 0 radical (unpaired) electrons. The third kappa shape index (κ3) is 3.82. The molecule has 1 aromatic heterocycles. The van der Waals surface area contributed by atoms with Gasteiger partial charge in [0.2, 0.25) is 0 Å². The molecule has 28 heavy (non-hydrogen) atoms. The van der Waals surface area contributed by atoms with Crippen molar-refractivity contribution in [2.45, 2.75) is 32.2 Å². The summed E-state index contributed by atoms with van der Waals surface area (Å²) in [6.45, 7) is 5.25. The molecule has 8 heteroatoms. The maximum atomic E-state index is 14.4. The van der Waals surface area contributed by atoms with Gasteiger partial charge in [0, 0.05) is 11.3 Å². The number of nitrogens with zero attached hydrogens (tertiary/aromatic N) is 2. The normalized spacial score (nSPS) is 13.8.